The van der Waals surface area contributed by atoms with Gasteiger partial charge in [-0.2, -0.15) is 22.0 Å². The Morgan fingerprint density at radius 2 is 1.90 bits per heavy atom. The second-order valence-electron chi connectivity index (χ2n) is 3.64. The van der Waals surface area contributed by atoms with Gasteiger partial charge in [-0.15, -0.1) is 0 Å². The van der Waals surface area contributed by atoms with Crippen molar-refractivity contribution in [3.05, 3.63) is 29.8 Å². The zero-order valence-corrected chi connectivity index (χ0v) is 10.4. The van der Waals surface area contributed by atoms with Crippen molar-refractivity contribution >= 4 is 11.5 Å². The van der Waals surface area contributed by atoms with Crippen molar-refractivity contribution in [2.45, 2.75) is 12.8 Å². The van der Waals surface area contributed by atoms with Gasteiger partial charge in [0.05, 0.1) is 7.11 Å². The van der Waals surface area contributed by atoms with E-state index in [1.165, 1.54) is 0 Å². The largest absolute Gasteiger partial charge is 0.507 e. The SMILES string of the molecule is COc1cc(/C(O)=C/C(=O)C(F)(F)F)ccc1OC(F)F. The second kappa shape index (κ2) is 6.42. The van der Waals surface area contributed by atoms with E-state index in [9.17, 15) is 31.9 Å². The molecular formula is C12H9F5O4. The predicted octanol–water partition coefficient (Wildman–Crippen LogP) is 3.33. The fourth-order valence-electron chi connectivity index (χ4n) is 1.31. The highest BCUT2D eigenvalue weighted by molar-refractivity contribution is 5.99. The molecule has 0 amide bonds. The highest BCUT2D eigenvalue weighted by Crippen LogP contribution is 2.31. The zero-order valence-electron chi connectivity index (χ0n) is 10.4. The minimum atomic E-state index is -5.13. The Kier molecular flexibility index (Phi) is 5.12. The second-order valence-corrected chi connectivity index (χ2v) is 3.64. The Morgan fingerprint density at radius 3 is 2.38 bits per heavy atom. The first-order valence-electron chi connectivity index (χ1n) is 5.30. The van der Waals surface area contributed by atoms with Crippen LogP contribution >= 0.6 is 0 Å². The molecule has 0 heterocycles. The summed E-state index contributed by atoms with van der Waals surface area (Å²) in [6, 6.07) is 2.91. The molecule has 4 nitrogen and oxygen atoms in total. The maximum atomic E-state index is 12.1. The minimum absolute atomic E-state index is 0.0254. The summed E-state index contributed by atoms with van der Waals surface area (Å²) < 4.78 is 69.1. The van der Waals surface area contributed by atoms with Gasteiger partial charge in [-0.3, -0.25) is 4.79 Å². The molecule has 1 aromatic carbocycles. The molecule has 0 aromatic heterocycles. The van der Waals surface area contributed by atoms with Crippen LogP contribution in [0.4, 0.5) is 22.0 Å². The van der Waals surface area contributed by atoms with Gasteiger partial charge in [-0.1, -0.05) is 0 Å². The van der Waals surface area contributed by atoms with Gasteiger partial charge in [0.2, 0.25) is 0 Å². The maximum absolute atomic E-state index is 12.1. The Balaban J connectivity index is 3.09. The van der Waals surface area contributed by atoms with Gasteiger partial charge < -0.3 is 14.6 Å². The van der Waals surface area contributed by atoms with Crippen LogP contribution in [0.5, 0.6) is 11.5 Å². The number of rotatable bonds is 5. The van der Waals surface area contributed by atoms with Gasteiger partial charge in [0.25, 0.3) is 5.78 Å². The van der Waals surface area contributed by atoms with Crippen molar-refractivity contribution in [1.29, 1.82) is 0 Å². The summed E-state index contributed by atoms with van der Waals surface area (Å²) in [6.45, 7) is -3.12. The number of allylic oxidation sites excluding steroid dienone is 1. The van der Waals surface area contributed by atoms with Crippen LogP contribution in [0, 0.1) is 0 Å². The summed E-state index contributed by atoms with van der Waals surface area (Å²) in [6.07, 6.45) is -5.15. The van der Waals surface area contributed by atoms with Gasteiger partial charge in [-0.25, -0.2) is 0 Å². The first-order chi connectivity index (χ1) is 9.65. The molecule has 0 saturated heterocycles. The van der Waals surface area contributed by atoms with Crippen LogP contribution in [-0.2, 0) is 4.79 Å². The van der Waals surface area contributed by atoms with Gasteiger partial charge in [0.1, 0.15) is 5.76 Å². The number of hydrogen-bond acceptors (Lipinski definition) is 4. The number of carbonyl (C=O) groups excluding carboxylic acids is 1. The summed E-state index contributed by atoms with van der Waals surface area (Å²) in [4.78, 5) is 10.7. The summed E-state index contributed by atoms with van der Waals surface area (Å²) >= 11 is 0. The molecule has 0 radical (unpaired) electrons. The van der Waals surface area contributed by atoms with Crippen LogP contribution in [0.1, 0.15) is 5.56 Å². The average molecular weight is 312 g/mol. The lowest BCUT2D eigenvalue weighted by Gasteiger charge is -2.11. The van der Waals surface area contributed by atoms with E-state index in [1.54, 1.807) is 0 Å². The number of aliphatic hydroxyl groups excluding tert-OH is 1. The van der Waals surface area contributed by atoms with Crippen molar-refractivity contribution in [2.75, 3.05) is 7.11 Å². The number of hydrogen-bond donors (Lipinski definition) is 1. The molecule has 0 unspecified atom stereocenters. The third-order valence-electron chi connectivity index (χ3n) is 2.22. The van der Waals surface area contributed by atoms with Crippen LogP contribution in [0.2, 0.25) is 0 Å². The number of halogens is 5. The molecule has 21 heavy (non-hydrogen) atoms. The van der Waals surface area contributed by atoms with E-state index in [2.05, 4.69) is 4.74 Å². The van der Waals surface area contributed by atoms with E-state index in [-0.39, 0.29) is 23.1 Å². The molecule has 0 aliphatic carbocycles. The fourth-order valence-corrected chi connectivity index (χ4v) is 1.31. The quantitative estimate of drug-likeness (QED) is 0.515. The molecule has 1 N–H and O–H groups in total. The van der Waals surface area contributed by atoms with E-state index in [4.69, 9.17) is 4.74 Å². The molecule has 0 spiro atoms. The zero-order chi connectivity index (χ0) is 16.2. The van der Waals surface area contributed by atoms with Crippen molar-refractivity contribution in [3.8, 4) is 11.5 Å². The summed E-state index contributed by atoms with van der Waals surface area (Å²) in [5, 5.41) is 9.44. The molecule has 9 heteroatoms. The number of aliphatic hydroxyl groups is 1. The number of benzene rings is 1. The standard InChI is InChI=1S/C12H9F5O4/c1-20-9-4-6(2-3-8(9)21-11(13)14)7(18)5-10(19)12(15,16)17/h2-5,11,18H,1H3/b7-5-. The highest BCUT2D eigenvalue weighted by Gasteiger charge is 2.37. The Bertz CT molecular complexity index is 551. The summed E-state index contributed by atoms with van der Waals surface area (Å²) in [7, 11) is 1.11. The van der Waals surface area contributed by atoms with Crippen molar-refractivity contribution in [1.82, 2.24) is 0 Å². The van der Waals surface area contributed by atoms with E-state index < -0.39 is 24.3 Å². The molecule has 116 valence electrons. The number of carbonyl (C=O) groups is 1. The third-order valence-corrected chi connectivity index (χ3v) is 2.22. The van der Waals surface area contributed by atoms with Gasteiger partial charge >= 0.3 is 12.8 Å². The lowest BCUT2D eigenvalue weighted by Crippen LogP contribution is -2.20. The molecule has 0 bridgehead atoms. The number of ketones is 1. The topological polar surface area (TPSA) is 55.8 Å². The fraction of sp³-hybridized carbons (Fsp3) is 0.250. The molecule has 0 fully saturated rings. The third kappa shape index (κ3) is 4.62. The van der Waals surface area contributed by atoms with Gasteiger partial charge in [0, 0.05) is 11.6 Å². The predicted molar refractivity (Wildman–Crippen MR) is 61.3 cm³/mol. The molecule has 1 rings (SSSR count). The van der Waals surface area contributed by atoms with Crippen LogP contribution in [-0.4, -0.2) is 30.8 Å². The Labute approximate surface area is 115 Å². The smallest absolute Gasteiger partial charge is 0.454 e. The normalized spacial score (nSPS) is 12.4. The molecular weight excluding hydrogens is 303 g/mol. The van der Waals surface area contributed by atoms with Gasteiger partial charge in [-0.05, 0) is 18.2 Å². The van der Waals surface area contributed by atoms with Crippen LogP contribution < -0.4 is 9.47 Å². The van der Waals surface area contributed by atoms with E-state index in [0.29, 0.717) is 0 Å². The molecule has 0 aliphatic heterocycles. The first kappa shape index (κ1) is 16.7. The molecule has 0 saturated carbocycles. The van der Waals surface area contributed by atoms with Gasteiger partial charge in [0.15, 0.2) is 11.5 Å². The Morgan fingerprint density at radius 1 is 1.29 bits per heavy atom. The monoisotopic (exact) mass is 312 g/mol. The highest BCUT2D eigenvalue weighted by atomic mass is 19.4. The van der Waals surface area contributed by atoms with Crippen LogP contribution in [0.15, 0.2) is 24.3 Å². The number of methoxy groups -OCH3 is 1. The summed E-state index contributed by atoms with van der Waals surface area (Å²) in [5.41, 5.74) is -0.230. The van der Waals surface area contributed by atoms with Crippen LogP contribution in [0.25, 0.3) is 5.76 Å². The minimum Gasteiger partial charge on any atom is -0.507 e. The molecule has 1 aromatic rings. The lowest BCUT2D eigenvalue weighted by molar-refractivity contribution is -0.165. The van der Waals surface area contributed by atoms with Crippen molar-refractivity contribution in [2.24, 2.45) is 0 Å². The molecule has 0 atom stereocenters. The van der Waals surface area contributed by atoms with E-state index in [1.807, 2.05) is 0 Å². The molecule has 0 aliphatic rings. The summed E-state index contributed by atoms with van der Waals surface area (Å²) in [5.74, 6) is -3.86. The number of ether oxygens (including phenoxy) is 2. The lowest BCUT2D eigenvalue weighted by atomic mass is 10.1. The average Bonchev–Trinajstić information content (AvgIpc) is 2.37. The Hall–Kier alpha value is -2.32. The maximum Gasteiger partial charge on any atom is 0.454 e. The van der Waals surface area contributed by atoms with Crippen LogP contribution in [0.3, 0.4) is 0 Å². The first-order valence-corrected chi connectivity index (χ1v) is 5.30. The van der Waals surface area contributed by atoms with E-state index in [0.717, 1.165) is 25.3 Å². The number of alkyl halides is 5. The van der Waals surface area contributed by atoms with Crippen molar-refractivity contribution < 1.29 is 41.3 Å². The van der Waals surface area contributed by atoms with Crippen molar-refractivity contribution in [3.63, 3.8) is 0 Å². The van der Waals surface area contributed by atoms with E-state index >= 15 is 0 Å².